The van der Waals surface area contributed by atoms with Crippen molar-refractivity contribution in [3.8, 4) is 0 Å². The predicted octanol–water partition coefficient (Wildman–Crippen LogP) is 5.65. The summed E-state index contributed by atoms with van der Waals surface area (Å²) in [6, 6.07) is 17.3. The van der Waals surface area contributed by atoms with Crippen LogP contribution in [0.4, 0.5) is 0 Å². The molecule has 22 heavy (non-hydrogen) atoms. The van der Waals surface area contributed by atoms with Crippen LogP contribution in [0.15, 0.2) is 54.7 Å². The largest absolute Gasteiger partial charge is 0.261 e. The lowest BCUT2D eigenvalue weighted by atomic mass is 9.60. The monoisotopic (exact) mass is 295 g/mol. The number of nitrogens with zero attached hydrogens (tertiary/aromatic N) is 1. The normalized spacial score (nSPS) is 16.7. The van der Waals surface area contributed by atoms with Crippen LogP contribution in [-0.4, -0.2) is 4.98 Å². The highest BCUT2D eigenvalue weighted by molar-refractivity contribution is 5.27. The van der Waals surface area contributed by atoms with E-state index in [-0.39, 0.29) is 5.41 Å². The van der Waals surface area contributed by atoms with Crippen LogP contribution < -0.4 is 0 Å². The summed E-state index contributed by atoms with van der Waals surface area (Å²) >= 11 is 0. The van der Waals surface area contributed by atoms with E-state index in [2.05, 4.69) is 70.2 Å². The van der Waals surface area contributed by atoms with Gasteiger partial charge in [0.2, 0.25) is 0 Å². The number of aromatic nitrogens is 1. The third kappa shape index (κ3) is 3.24. The lowest BCUT2D eigenvalue weighted by Gasteiger charge is -2.44. The Morgan fingerprint density at radius 2 is 1.45 bits per heavy atom. The molecule has 1 heteroatoms. The molecule has 2 rings (SSSR count). The predicted molar refractivity (Wildman–Crippen MR) is 95.0 cm³/mol. The van der Waals surface area contributed by atoms with Crippen molar-refractivity contribution in [2.24, 2.45) is 11.8 Å². The van der Waals surface area contributed by atoms with Gasteiger partial charge in [0, 0.05) is 17.3 Å². The molecule has 0 radical (unpaired) electrons. The fraction of sp³-hybridized carbons (Fsp3) is 0.476. The zero-order valence-corrected chi connectivity index (χ0v) is 14.4. The second-order valence-electron chi connectivity index (χ2n) is 6.54. The lowest BCUT2D eigenvalue weighted by molar-refractivity contribution is 0.173. The maximum absolute atomic E-state index is 4.79. The Labute approximate surface area is 135 Å². The summed E-state index contributed by atoms with van der Waals surface area (Å²) in [5.74, 6) is 1.19. The first-order valence-electron chi connectivity index (χ1n) is 8.60. The Hall–Kier alpha value is -1.63. The maximum atomic E-state index is 4.79. The first kappa shape index (κ1) is 16.7. The fourth-order valence-electron chi connectivity index (χ4n) is 3.73. The average molecular weight is 295 g/mol. The molecule has 0 fully saturated rings. The number of pyridine rings is 1. The summed E-state index contributed by atoms with van der Waals surface area (Å²) in [7, 11) is 0. The molecule has 0 amide bonds. The summed E-state index contributed by atoms with van der Waals surface area (Å²) in [6.45, 7) is 9.39. The highest BCUT2D eigenvalue weighted by Gasteiger charge is 2.42. The van der Waals surface area contributed by atoms with E-state index in [1.54, 1.807) is 0 Å². The molecule has 0 saturated heterocycles. The number of hydrogen-bond donors (Lipinski definition) is 0. The first-order valence-corrected chi connectivity index (χ1v) is 8.60. The second kappa shape index (κ2) is 7.58. The molecule has 2 atom stereocenters. The van der Waals surface area contributed by atoms with E-state index < -0.39 is 0 Å². The summed E-state index contributed by atoms with van der Waals surface area (Å²) in [5, 5.41) is 0. The molecule has 0 N–H and O–H groups in total. The molecule has 0 bridgehead atoms. The minimum atomic E-state index is 0.103. The molecule has 1 aromatic carbocycles. The van der Waals surface area contributed by atoms with Crippen LogP contribution in [0.1, 0.15) is 51.8 Å². The summed E-state index contributed by atoms with van der Waals surface area (Å²) < 4.78 is 0. The molecule has 118 valence electrons. The van der Waals surface area contributed by atoms with Gasteiger partial charge >= 0.3 is 0 Å². The van der Waals surface area contributed by atoms with Crippen LogP contribution >= 0.6 is 0 Å². The Morgan fingerprint density at radius 1 is 0.864 bits per heavy atom. The first-order chi connectivity index (χ1) is 10.6. The third-order valence-corrected chi connectivity index (χ3v) is 5.46. The minimum absolute atomic E-state index is 0.103. The Kier molecular flexibility index (Phi) is 5.76. The van der Waals surface area contributed by atoms with Gasteiger partial charge in [-0.25, -0.2) is 0 Å². The van der Waals surface area contributed by atoms with Crippen LogP contribution in [0.3, 0.4) is 0 Å². The van der Waals surface area contributed by atoms with Crippen molar-refractivity contribution in [1.29, 1.82) is 0 Å². The summed E-state index contributed by atoms with van der Waals surface area (Å²) in [5.41, 5.74) is 2.77. The zero-order valence-electron chi connectivity index (χ0n) is 14.4. The average Bonchev–Trinajstić information content (AvgIpc) is 2.60. The highest BCUT2D eigenvalue weighted by atomic mass is 14.7. The van der Waals surface area contributed by atoms with Gasteiger partial charge in [0.25, 0.3) is 0 Å². The van der Waals surface area contributed by atoms with Crippen molar-refractivity contribution in [1.82, 2.24) is 4.98 Å². The van der Waals surface area contributed by atoms with E-state index in [0.717, 1.165) is 6.42 Å². The molecule has 2 aromatic rings. The van der Waals surface area contributed by atoms with E-state index in [1.807, 2.05) is 12.3 Å². The van der Waals surface area contributed by atoms with Crippen LogP contribution in [-0.2, 0) is 11.8 Å². The van der Waals surface area contributed by atoms with Crippen LogP contribution in [0.5, 0.6) is 0 Å². The topological polar surface area (TPSA) is 12.9 Å². The molecule has 1 nitrogen and oxygen atoms in total. The van der Waals surface area contributed by atoms with Gasteiger partial charge in [-0.1, -0.05) is 76.9 Å². The van der Waals surface area contributed by atoms with Crippen molar-refractivity contribution >= 4 is 0 Å². The lowest BCUT2D eigenvalue weighted by Crippen LogP contribution is -2.43. The molecule has 0 aliphatic carbocycles. The minimum Gasteiger partial charge on any atom is -0.261 e. The van der Waals surface area contributed by atoms with Crippen molar-refractivity contribution in [3.05, 3.63) is 66.0 Å². The Bertz CT molecular complexity index is 537. The third-order valence-electron chi connectivity index (χ3n) is 5.46. The van der Waals surface area contributed by atoms with Gasteiger partial charge in [0.15, 0.2) is 0 Å². The molecule has 0 aliphatic heterocycles. The van der Waals surface area contributed by atoms with Crippen LogP contribution in [0.25, 0.3) is 0 Å². The quantitative estimate of drug-likeness (QED) is 0.642. The smallest absolute Gasteiger partial charge is 0.0473 e. The van der Waals surface area contributed by atoms with Crippen molar-refractivity contribution in [3.63, 3.8) is 0 Å². The fourth-order valence-corrected chi connectivity index (χ4v) is 3.73. The molecule has 1 aromatic heterocycles. The van der Waals surface area contributed by atoms with Gasteiger partial charge in [-0.3, -0.25) is 4.98 Å². The van der Waals surface area contributed by atoms with Gasteiger partial charge < -0.3 is 0 Å². The maximum Gasteiger partial charge on any atom is 0.0473 e. The SMILES string of the molecule is CCC(C)C(Cc1ccccc1)(c1ccccn1)C(C)CC. The molecular weight excluding hydrogens is 266 g/mol. The van der Waals surface area contributed by atoms with E-state index >= 15 is 0 Å². The van der Waals surface area contributed by atoms with E-state index in [1.165, 1.54) is 24.1 Å². The Morgan fingerprint density at radius 3 is 1.95 bits per heavy atom. The van der Waals surface area contributed by atoms with Gasteiger partial charge in [0.1, 0.15) is 0 Å². The van der Waals surface area contributed by atoms with Crippen LogP contribution in [0, 0.1) is 11.8 Å². The van der Waals surface area contributed by atoms with E-state index in [9.17, 15) is 0 Å². The molecule has 2 unspecified atom stereocenters. The van der Waals surface area contributed by atoms with Gasteiger partial charge in [-0.2, -0.15) is 0 Å². The van der Waals surface area contributed by atoms with E-state index in [0.29, 0.717) is 11.8 Å². The number of benzene rings is 1. The number of hydrogen-bond acceptors (Lipinski definition) is 1. The van der Waals surface area contributed by atoms with Crippen LogP contribution in [0.2, 0.25) is 0 Å². The van der Waals surface area contributed by atoms with E-state index in [4.69, 9.17) is 4.98 Å². The van der Waals surface area contributed by atoms with Gasteiger partial charge in [-0.15, -0.1) is 0 Å². The van der Waals surface area contributed by atoms with Gasteiger partial charge in [-0.05, 0) is 36.0 Å². The molecule has 1 heterocycles. The van der Waals surface area contributed by atoms with Crippen molar-refractivity contribution in [2.75, 3.05) is 0 Å². The zero-order chi connectivity index (χ0) is 16.0. The highest BCUT2D eigenvalue weighted by Crippen LogP contribution is 2.44. The molecule has 0 saturated carbocycles. The Balaban J connectivity index is 2.54. The van der Waals surface area contributed by atoms with Gasteiger partial charge in [0.05, 0.1) is 0 Å². The van der Waals surface area contributed by atoms with Crippen molar-refractivity contribution in [2.45, 2.75) is 52.4 Å². The standard InChI is InChI=1S/C21H29N/c1-5-17(3)21(18(4)6-2,20-14-10-11-15-22-20)16-19-12-8-7-9-13-19/h7-15,17-18H,5-6,16H2,1-4H3. The second-order valence-corrected chi connectivity index (χ2v) is 6.54. The summed E-state index contributed by atoms with van der Waals surface area (Å²) in [4.78, 5) is 4.79. The van der Waals surface area contributed by atoms with Crippen molar-refractivity contribution < 1.29 is 0 Å². The summed E-state index contributed by atoms with van der Waals surface area (Å²) in [6.07, 6.45) is 5.36. The molecule has 0 spiro atoms. The molecule has 0 aliphatic rings. The molecular formula is C21H29N. The number of rotatable bonds is 7.